The normalized spacial score (nSPS) is 11.7. The van der Waals surface area contributed by atoms with Crippen LogP contribution in [0.5, 0.6) is 0 Å². The highest BCUT2D eigenvalue weighted by Crippen LogP contribution is 2.33. The summed E-state index contributed by atoms with van der Waals surface area (Å²) in [5.74, 6) is 0. The fraction of sp³-hybridized carbons (Fsp3) is 0.333. The zero-order chi connectivity index (χ0) is 14.8. The van der Waals surface area contributed by atoms with Crippen LogP contribution in [0.4, 0.5) is 18.9 Å². The number of nitrogens with zero attached hydrogens (tertiary/aromatic N) is 1. The van der Waals surface area contributed by atoms with Crippen LogP contribution in [0.15, 0.2) is 36.5 Å². The smallest absolute Gasteiger partial charge is 0.379 e. The van der Waals surface area contributed by atoms with Crippen molar-refractivity contribution in [2.45, 2.75) is 33.1 Å². The third-order valence-corrected chi connectivity index (χ3v) is 3.28. The largest absolute Gasteiger partial charge is 0.416 e. The Kier molecular flexibility index (Phi) is 4.06. The molecule has 0 saturated carbocycles. The van der Waals surface area contributed by atoms with Gasteiger partial charge in [-0.2, -0.15) is 13.2 Å². The van der Waals surface area contributed by atoms with Crippen molar-refractivity contribution in [3.05, 3.63) is 53.3 Å². The number of nitrogens with one attached hydrogen (secondary N) is 1. The molecule has 1 N–H and O–H groups in total. The summed E-state index contributed by atoms with van der Waals surface area (Å²) < 4.78 is 40.5. The number of aromatic nitrogens is 1. The molecule has 0 bridgehead atoms. The van der Waals surface area contributed by atoms with Gasteiger partial charge in [0, 0.05) is 24.1 Å². The first-order chi connectivity index (χ1) is 9.41. The molecule has 1 aromatic carbocycles. The Morgan fingerprint density at radius 3 is 2.60 bits per heavy atom. The van der Waals surface area contributed by atoms with Gasteiger partial charge in [-0.3, -0.25) is 0 Å². The van der Waals surface area contributed by atoms with Gasteiger partial charge in [0.1, 0.15) is 0 Å². The van der Waals surface area contributed by atoms with Crippen LogP contribution in [0.3, 0.4) is 0 Å². The molecule has 0 aliphatic heterocycles. The van der Waals surface area contributed by atoms with E-state index in [9.17, 15) is 13.2 Å². The van der Waals surface area contributed by atoms with E-state index >= 15 is 0 Å². The lowest BCUT2D eigenvalue weighted by Gasteiger charge is -2.14. The molecule has 2 rings (SSSR count). The van der Waals surface area contributed by atoms with E-state index in [1.807, 2.05) is 29.8 Å². The van der Waals surface area contributed by atoms with Crippen LogP contribution in [-0.4, -0.2) is 4.57 Å². The molecular formula is C15H17F3N2. The summed E-state index contributed by atoms with van der Waals surface area (Å²) in [6.07, 6.45) is -2.36. The second-order valence-corrected chi connectivity index (χ2v) is 4.67. The van der Waals surface area contributed by atoms with Crippen molar-refractivity contribution in [1.29, 1.82) is 0 Å². The van der Waals surface area contributed by atoms with Gasteiger partial charge in [0.15, 0.2) is 0 Å². The van der Waals surface area contributed by atoms with Crippen molar-refractivity contribution in [3.63, 3.8) is 0 Å². The molecule has 1 heterocycles. The van der Waals surface area contributed by atoms with Crippen molar-refractivity contribution < 1.29 is 13.2 Å². The number of hydrogen-bond acceptors (Lipinski definition) is 1. The van der Waals surface area contributed by atoms with Crippen LogP contribution in [0, 0.1) is 6.92 Å². The number of anilines is 1. The highest BCUT2D eigenvalue weighted by Gasteiger charge is 2.32. The SMILES string of the molecule is CCn1cccc1CNc1ccc(C)c(C(F)(F)F)c1. The Hall–Kier alpha value is -1.91. The highest BCUT2D eigenvalue weighted by atomic mass is 19.4. The first kappa shape index (κ1) is 14.5. The Morgan fingerprint density at radius 1 is 1.20 bits per heavy atom. The van der Waals surface area contributed by atoms with Gasteiger partial charge < -0.3 is 9.88 Å². The van der Waals surface area contributed by atoms with Crippen LogP contribution in [-0.2, 0) is 19.3 Å². The van der Waals surface area contributed by atoms with E-state index < -0.39 is 11.7 Å². The molecule has 5 heteroatoms. The third-order valence-electron chi connectivity index (χ3n) is 3.28. The average Bonchev–Trinajstić information content (AvgIpc) is 2.84. The van der Waals surface area contributed by atoms with Crippen molar-refractivity contribution >= 4 is 5.69 Å². The second kappa shape index (κ2) is 5.61. The summed E-state index contributed by atoms with van der Waals surface area (Å²) in [5, 5.41) is 3.04. The summed E-state index contributed by atoms with van der Waals surface area (Å²) in [6.45, 7) is 4.83. The molecule has 0 radical (unpaired) electrons. The summed E-state index contributed by atoms with van der Waals surface area (Å²) in [4.78, 5) is 0. The lowest BCUT2D eigenvalue weighted by atomic mass is 10.1. The second-order valence-electron chi connectivity index (χ2n) is 4.67. The van der Waals surface area contributed by atoms with E-state index in [2.05, 4.69) is 5.32 Å². The van der Waals surface area contributed by atoms with E-state index in [-0.39, 0.29) is 5.56 Å². The molecule has 0 amide bonds. The first-order valence-corrected chi connectivity index (χ1v) is 6.47. The van der Waals surface area contributed by atoms with Gasteiger partial charge in [0.05, 0.1) is 12.1 Å². The zero-order valence-electron chi connectivity index (χ0n) is 11.5. The first-order valence-electron chi connectivity index (χ1n) is 6.47. The van der Waals surface area contributed by atoms with Gasteiger partial charge in [-0.15, -0.1) is 0 Å². The Morgan fingerprint density at radius 2 is 1.95 bits per heavy atom. The van der Waals surface area contributed by atoms with E-state index in [1.165, 1.54) is 13.0 Å². The predicted molar refractivity (Wildman–Crippen MR) is 73.6 cm³/mol. The molecular weight excluding hydrogens is 265 g/mol. The fourth-order valence-corrected chi connectivity index (χ4v) is 2.15. The monoisotopic (exact) mass is 282 g/mol. The lowest BCUT2D eigenvalue weighted by Crippen LogP contribution is -2.10. The number of rotatable bonds is 4. The van der Waals surface area contributed by atoms with Crippen molar-refractivity contribution in [3.8, 4) is 0 Å². The molecule has 1 aromatic heterocycles. The molecule has 108 valence electrons. The summed E-state index contributed by atoms with van der Waals surface area (Å²) in [6, 6.07) is 8.20. The number of benzene rings is 1. The van der Waals surface area contributed by atoms with Crippen LogP contribution < -0.4 is 5.32 Å². The summed E-state index contributed by atoms with van der Waals surface area (Å²) in [5.41, 5.74) is 1.17. The van der Waals surface area contributed by atoms with Gasteiger partial charge in [-0.25, -0.2) is 0 Å². The molecule has 20 heavy (non-hydrogen) atoms. The van der Waals surface area contributed by atoms with Gasteiger partial charge in [0.2, 0.25) is 0 Å². The third kappa shape index (κ3) is 3.15. The minimum Gasteiger partial charge on any atom is -0.379 e. The molecule has 0 unspecified atom stereocenters. The minimum absolute atomic E-state index is 0.236. The number of aryl methyl sites for hydroxylation is 2. The number of alkyl halides is 3. The van der Waals surface area contributed by atoms with Crippen LogP contribution in [0.1, 0.15) is 23.7 Å². The molecule has 0 aliphatic rings. The molecule has 0 atom stereocenters. The molecule has 2 aromatic rings. The predicted octanol–water partition coefficient (Wildman–Crippen LogP) is 4.45. The maximum absolute atomic E-state index is 12.8. The van der Waals surface area contributed by atoms with Crippen molar-refractivity contribution in [2.75, 3.05) is 5.32 Å². The number of hydrogen-bond donors (Lipinski definition) is 1. The van der Waals surface area contributed by atoms with Crippen LogP contribution in [0.25, 0.3) is 0 Å². The van der Waals surface area contributed by atoms with Crippen molar-refractivity contribution in [2.24, 2.45) is 0 Å². The van der Waals surface area contributed by atoms with E-state index in [0.29, 0.717) is 12.2 Å². The number of halogens is 3. The summed E-state index contributed by atoms with van der Waals surface area (Å²) >= 11 is 0. The highest BCUT2D eigenvalue weighted by molar-refractivity contribution is 5.49. The van der Waals surface area contributed by atoms with Gasteiger partial charge in [0.25, 0.3) is 0 Å². The fourth-order valence-electron chi connectivity index (χ4n) is 2.15. The Bertz CT molecular complexity index is 585. The molecule has 0 saturated heterocycles. The molecule has 0 fully saturated rings. The molecule has 2 nitrogen and oxygen atoms in total. The van der Waals surface area contributed by atoms with Gasteiger partial charge >= 0.3 is 6.18 Å². The standard InChI is InChI=1S/C15H17F3N2/c1-3-20-8-4-5-13(20)10-19-12-7-6-11(2)14(9-12)15(16,17)18/h4-9,19H,3,10H2,1-2H3. The quantitative estimate of drug-likeness (QED) is 0.876. The Labute approximate surface area is 116 Å². The molecule has 0 spiro atoms. The maximum Gasteiger partial charge on any atom is 0.416 e. The average molecular weight is 282 g/mol. The summed E-state index contributed by atoms with van der Waals surface area (Å²) in [7, 11) is 0. The van der Waals surface area contributed by atoms with Crippen molar-refractivity contribution in [1.82, 2.24) is 4.57 Å². The minimum atomic E-state index is -4.31. The Balaban J connectivity index is 2.15. The van der Waals surface area contributed by atoms with Gasteiger partial charge in [-0.1, -0.05) is 6.07 Å². The lowest BCUT2D eigenvalue weighted by molar-refractivity contribution is -0.138. The zero-order valence-corrected chi connectivity index (χ0v) is 11.5. The van der Waals surface area contributed by atoms with Crippen LogP contribution in [0.2, 0.25) is 0 Å². The maximum atomic E-state index is 12.8. The van der Waals surface area contributed by atoms with Gasteiger partial charge in [-0.05, 0) is 43.7 Å². The van der Waals surface area contributed by atoms with Crippen LogP contribution >= 0.6 is 0 Å². The van der Waals surface area contributed by atoms with E-state index in [0.717, 1.165) is 18.3 Å². The topological polar surface area (TPSA) is 17.0 Å². The van der Waals surface area contributed by atoms with E-state index in [4.69, 9.17) is 0 Å². The molecule has 0 aliphatic carbocycles. The van der Waals surface area contributed by atoms with E-state index in [1.54, 1.807) is 6.07 Å².